The van der Waals surface area contributed by atoms with Crippen LogP contribution < -0.4 is 11.5 Å². The lowest BCUT2D eigenvalue weighted by Crippen LogP contribution is -2.64. The van der Waals surface area contributed by atoms with E-state index in [0.717, 1.165) is 26.2 Å². The van der Waals surface area contributed by atoms with Crippen LogP contribution in [0.2, 0.25) is 0 Å². The van der Waals surface area contributed by atoms with Crippen LogP contribution in [0.4, 0.5) is 0 Å². The van der Waals surface area contributed by atoms with Crippen molar-refractivity contribution in [2.24, 2.45) is 11.5 Å². The minimum Gasteiger partial charge on any atom is -0.335 e. The van der Waals surface area contributed by atoms with Crippen LogP contribution in [0.5, 0.6) is 0 Å². The predicted octanol–water partition coefficient (Wildman–Crippen LogP) is -0.827. The van der Waals surface area contributed by atoms with Crippen molar-refractivity contribution in [2.45, 2.75) is 32.5 Å². The minimum atomic E-state index is -1.25. The van der Waals surface area contributed by atoms with Gasteiger partial charge in [-0.25, -0.2) is 0 Å². The van der Waals surface area contributed by atoms with Crippen molar-refractivity contribution in [1.29, 1.82) is 0 Å². The molecule has 15 heavy (non-hydrogen) atoms. The second-order valence-corrected chi connectivity index (χ2v) is 4.52. The molecular weight excluding hydrogens is 192 g/mol. The monoisotopic (exact) mass is 214 g/mol. The zero-order valence-corrected chi connectivity index (χ0v) is 9.86. The van der Waals surface area contributed by atoms with Gasteiger partial charge in [-0.2, -0.15) is 0 Å². The number of hydrogen-bond acceptors (Lipinski definition) is 4. The first-order valence-corrected chi connectivity index (χ1v) is 5.47. The Morgan fingerprint density at radius 3 is 2.47 bits per heavy atom. The summed E-state index contributed by atoms with van der Waals surface area (Å²) in [4.78, 5) is 16.0. The quantitative estimate of drug-likeness (QED) is 0.588. The second-order valence-electron chi connectivity index (χ2n) is 4.52. The number of rotatable bonds is 2. The summed E-state index contributed by atoms with van der Waals surface area (Å²) in [6, 6.07) is 0.192. The standard InChI is InChI=1S/C10H22N4O/c1-4-13-5-6-14(8(2)7-13)9(15)10(3,11)12/h8H,4-7,11-12H2,1-3H3. The summed E-state index contributed by atoms with van der Waals surface area (Å²) >= 11 is 0. The molecule has 0 radical (unpaired) electrons. The Morgan fingerprint density at radius 1 is 1.47 bits per heavy atom. The molecule has 5 nitrogen and oxygen atoms in total. The maximum absolute atomic E-state index is 11.9. The highest BCUT2D eigenvalue weighted by molar-refractivity contribution is 5.85. The highest BCUT2D eigenvalue weighted by Crippen LogP contribution is 2.11. The third-order valence-corrected chi connectivity index (χ3v) is 2.88. The molecule has 4 N–H and O–H groups in total. The fourth-order valence-electron chi connectivity index (χ4n) is 1.93. The van der Waals surface area contributed by atoms with Gasteiger partial charge in [0.15, 0.2) is 0 Å². The summed E-state index contributed by atoms with van der Waals surface area (Å²) in [5, 5.41) is 0. The van der Waals surface area contributed by atoms with E-state index in [1.807, 2.05) is 6.92 Å². The second kappa shape index (κ2) is 4.47. The number of nitrogens with two attached hydrogens (primary N) is 2. The number of amides is 1. The molecule has 0 aromatic heterocycles. The van der Waals surface area contributed by atoms with E-state index >= 15 is 0 Å². The van der Waals surface area contributed by atoms with Gasteiger partial charge in [0.05, 0.1) is 0 Å². The van der Waals surface area contributed by atoms with Crippen molar-refractivity contribution in [1.82, 2.24) is 9.80 Å². The fourth-order valence-corrected chi connectivity index (χ4v) is 1.93. The molecule has 1 unspecified atom stereocenters. The zero-order chi connectivity index (χ0) is 11.6. The summed E-state index contributed by atoms with van der Waals surface area (Å²) in [6.45, 7) is 9.26. The number of carbonyl (C=O) groups is 1. The number of piperazine rings is 1. The molecule has 1 rings (SSSR count). The Hall–Kier alpha value is -0.650. The summed E-state index contributed by atoms with van der Waals surface area (Å²) in [5.41, 5.74) is 9.98. The van der Waals surface area contributed by atoms with Crippen LogP contribution >= 0.6 is 0 Å². The van der Waals surface area contributed by atoms with E-state index in [4.69, 9.17) is 11.5 Å². The van der Waals surface area contributed by atoms with E-state index in [1.165, 1.54) is 0 Å². The van der Waals surface area contributed by atoms with E-state index < -0.39 is 5.66 Å². The van der Waals surface area contributed by atoms with Crippen molar-refractivity contribution in [3.63, 3.8) is 0 Å². The summed E-state index contributed by atoms with van der Waals surface area (Å²) in [5.74, 6) is -0.161. The van der Waals surface area contributed by atoms with Crippen LogP contribution in [0.15, 0.2) is 0 Å². The van der Waals surface area contributed by atoms with Crippen molar-refractivity contribution in [3.05, 3.63) is 0 Å². The Bertz CT molecular complexity index is 236. The van der Waals surface area contributed by atoms with Crippen molar-refractivity contribution in [2.75, 3.05) is 26.2 Å². The van der Waals surface area contributed by atoms with Crippen LogP contribution in [0.1, 0.15) is 20.8 Å². The molecule has 0 aromatic carbocycles. The highest BCUT2D eigenvalue weighted by atomic mass is 16.2. The van der Waals surface area contributed by atoms with Crippen LogP contribution in [0, 0.1) is 0 Å². The lowest BCUT2D eigenvalue weighted by Gasteiger charge is -2.41. The van der Waals surface area contributed by atoms with Gasteiger partial charge >= 0.3 is 0 Å². The van der Waals surface area contributed by atoms with Gasteiger partial charge in [0.25, 0.3) is 5.91 Å². The van der Waals surface area contributed by atoms with Gasteiger partial charge in [0.2, 0.25) is 0 Å². The van der Waals surface area contributed by atoms with Gasteiger partial charge in [-0.05, 0) is 20.4 Å². The third-order valence-electron chi connectivity index (χ3n) is 2.88. The van der Waals surface area contributed by atoms with Crippen LogP contribution in [0.25, 0.3) is 0 Å². The largest absolute Gasteiger partial charge is 0.335 e. The molecule has 1 aliphatic heterocycles. The summed E-state index contributed by atoms with van der Waals surface area (Å²) < 4.78 is 0. The number of likely N-dealkylation sites (N-methyl/N-ethyl adjacent to an activating group) is 1. The van der Waals surface area contributed by atoms with Crippen molar-refractivity contribution >= 4 is 5.91 Å². The van der Waals surface area contributed by atoms with Crippen LogP contribution in [-0.4, -0.2) is 53.6 Å². The van der Waals surface area contributed by atoms with E-state index in [9.17, 15) is 4.79 Å². The molecule has 0 aliphatic carbocycles. The van der Waals surface area contributed by atoms with Gasteiger partial charge in [0, 0.05) is 25.7 Å². The molecule has 1 heterocycles. The molecule has 0 bridgehead atoms. The maximum Gasteiger partial charge on any atom is 0.257 e. The third kappa shape index (κ3) is 2.90. The summed E-state index contributed by atoms with van der Waals surface area (Å²) in [6.07, 6.45) is 0. The SMILES string of the molecule is CCN1CCN(C(=O)C(C)(N)N)C(C)C1. The first-order valence-electron chi connectivity index (χ1n) is 5.47. The van der Waals surface area contributed by atoms with Gasteiger partial charge in [-0.1, -0.05) is 6.92 Å². The number of nitrogens with zero attached hydrogens (tertiary/aromatic N) is 2. The smallest absolute Gasteiger partial charge is 0.257 e. The van der Waals surface area contributed by atoms with E-state index in [0.29, 0.717) is 0 Å². The number of hydrogen-bond donors (Lipinski definition) is 2. The number of carbonyl (C=O) groups excluding carboxylic acids is 1. The highest BCUT2D eigenvalue weighted by Gasteiger charge is 2.34. The minimum absolute atomic E-state index is 0.161. The Labute approximate surface area is 91.4 Å². The Morgan fingerprint density at radius 2 is 2.07 bits per heavy atom. The molecule has 1 atom stereocenters. The van der Waals surface area contributed by atoms with Crippen LogP contribution in [-0.2, 0) is 4.79 Å². The van der Waals surface area contributed by atoms with E-state index in [-0.39, 0.29) is 11.9 Å². The average Bonchev–Trinajstić information content (AvgIpc) is 2.15. The van der Waals surface area contributed by atoms with E-state index in [2.05, 4.69) is 11.8 Å². The van der Waals surface area contributed by atoms with E-state index in [1.54, 1.807) is 11.8 Å². The maximum atomic E-state index is 11.9. The first kappa shape index (κ1) is 12.4. The van der Waals surface area contributed by atoms with Crippen molar-refractivity contribution < 1.29 is 4.79 Å². The first-order chi connectivity index (χ1) is 6.86. The topological polar surface area (TPSA) is 75.6 Å². The molecule has 88 valence electrons. The van der Waals surface area contributed by atoms with Crippen molar-refractivity contribution in [3.8, 4) is 0 Å². The molecule has 0 saturated carbocycles. The average molecular weight is 214 g/mol. The summed E-state index contributed by atoms with van der Waals surface area (Å²) in [7, 11) is 0. The Kier molecular flexibility index (Phi) is 3.70. The fraction of sp³-hybridized carbons (Fsp3) is 0.900. The normalized spacial score (nSPS) is 24.3. The molecule has 5 heteroatoms. The molecule has 1 saturated heterocycles. The molecule has 0 spiro atoms. The molecular formula is C10H22N4O. The lowest BCUT2D eigenvalue weighted by molar-refractivity contribution is -0.140. The molecule has 0 aromatic rings. The molecule has 1 amide bonds. The van der Waals surface area contributed by atoms with Gasteiger partial charge in [-0.3, -0.25) is 9.69 Å². The van der Waals surface area contributed by atoms with Gasteiger partial charge in [-0.15, -0.1) is 0 Å². The van der Waals surface area contributed by atoms with Gasteiger partial charge < -0.3 is 16.4 Å². The van der Waals surface area contributed by atoms with Gasteiger partial charge in [0.1, 0.15) is 5.66 Å². The molecule has 1 aliphatic rings. The predicted molar refractivity (Wildman–Crippen MR) is 60.1 cm³/mol. The molecule has 1 fully saturated rings. The zero-order valence-electron chi connectivity index (χ0n) is 9.86. The van der Waals surface area contributed by atoms with Crippen LogP contribution in [0.3, 0.4) is 0 Å². The Balaban J connectivity index is 2.62. The lowest BCUT2D eigenvalue weighted by atomic mass is 10.1.